The van der Waals surface area contributed by atoms with Crippen molar-refractivity contribution in [1.82, 2.24) is 10.2 Å². The van der Waals surface area contributed by atoms with Crippen LogP contribution >= 0.6 is 0 Å². The first kappa shape index (κ1) is 20.5. The summed E-state index contributed by atoms with van der Waals surface area (Å²) in [5, 5.41) is 14.7. The molecule has 3 rings (SSSR count). The van der Waals surface area contributed by atoms with Crippen LogP contribution in [0.4, 0.5) is 5.69 Å². The van der Waals surface area contributed by atoms with Crippen molar-refractivity contribution >= 4 is 35.3 Å². The molecule has 2 atom stereocenters. The van der Waals surface area contributed by atoms with Crippen molar-refractivity contribution in [3.8, 4) is 0 Å². The molecule has 0 spiro atoms. The number of carbonyl (C=O) groups excluding carboxylic acids is 4. The maximum absolute atomic E-state index is 13.0. The molecule has 1 saturated heterocycles. The minimum atomic E-state index is -1.04. The van der Waals surface area contributed by atoms with Gasteiger partial charge in [0.15, 0.2) is 0 Å². The molecule has 1 aromatic carbocycles. The average Bonchev–Trinajstić information content (AvgIpc) is 2.92. The number of rotatable bonds is 7. The molecule has 4 amide bonds. The molecule has 0 saturated carbocycles. The van der Waals surface area contributed by atoms with Gasteiger partial charge in [0.05, 0.1) is 16.5 Å². The Morgan fingerprint density at radius 3 is 2.62 bits per heavy atom. The third kappa shape index (κ3) is 3.59. The van der Waals surface area contributed by atoms with E-state index in [4.69, 9.17) is 0 Å². The van der Waals surface area contributed by atoms with Crippen LogP contribution in [0.15, 0.2) is 18.2 Å². The van der Waals surface area contributed by atoms with Crippen LogP contribution in [0.25, 0.3) is 0 Å². The SMILES string of the molecule is CCCC(C)(CNc1cccc2c1C(=O)N(C1CCC(=O)NC1=O)C2=O)C(=O)O. The highest BCUT2D eigenvalue weighted by Gasteiger charge is 2.45. The van der Waals surface area contributed by atoms with Gasteiger partial charge in [-0.25, -0.2) is 0 Å². The van der Waals surface area contributed by atoms with E-state index in [1.54, 1.807) is 19.1 Å². The van der Waals surface area contributed by atoms with Gasteiger partial charge in [-0.3, -0.25) is 34.2 Å². The monoisotopic (exact) mass is 401 g/mol. The number of anilines is 1. The Kier molecular flexibility index (Phi) is 5.41. The predicted molar refractivity (Wildman–Crippen MR) is 102 cm³/mol. The number of carboxylic acid groups (broad SMARTS) is 1. The van der Waals surface area contributed by atoms with E-state index < -0.39 is 41.1 Å². The number of piperidine rings is 1. The van der Waals surface area contributed by atoms with Crippen molar-refractivity contribution in [2.75, 3.05) is 11.9 Å². The summed E-state index contributed by atoms with van der Waals surface area (Å²) in [5.74, 6) is -3.29. The van der Waals surface area contributed by atoms with Crippen LogP contribution in [0.5, 0.6) is 0 Å². The van der Waals surface area contributed by atoms with Gasteiger partial charge >= 0.3 is 5.97 Å². The smallest absolute Gasteiger partial charge is 0.311 e. The number of fused-ring (bicyclic) bond motifs is 1. The van der Waals surface area contributed by atoms with Gasteiger partial charge in [-0.15, -0.1) is 0 Å². The normalized spacial score (nSPS) is 20.9. The molecule has 0 aromatic heterocycles. The van der Waals surface area contributed by atoms with Crippen LogP contribution in [-0.2, 0) is 14.4 Å². The number of hydrogen-bond donors (Lipinski definition) is 3. The van der Waals surface area contributed by atoms with Crippen LogP contribution in [-0.4, -0.2) is 52.2 Å². The Bertz CT molecular complexity index is 911. The van der Waals surface area contributed by atoms with E-state index in [2.05, 4.69) is 10.6 Å². The largest absolute Gasteiger partial charge is 0.481 e. The van der Waals surface area contributed by atoms with E-state index in [1.165, 1.54) is 6.07 Å². The molecule has 0 radical (unpaired) electrons. The number of carbonyl (C=O) groups is 5. The molecule has 1 aromatic rings. The number of hydrogen-bond acceptors (Lipinski definition) is 6. The second-order valence-corrected chi connectivity index (χ2v) is 7.64. The van der Waals surface area contributed by atoms with Crippen molar-refractivity contribution in [3.63, 3.8) is 0 Å². The first-order valence-electron chi connectivity index (χ1n) is 9.51. The number of imide groups is 2. The molecule has 29 heavy (non-hydrogen) atoms. The summed E-state index contributed by atoms with van der Waals surface area (Å²) >= 11 is 0. The number of aliphatic carboxylic acids is 1. The van der Waals surface area contributed by atoms with Crippen LogP contribution in [0.1, 0.15) is 60.2 Å². The zero-order chi connectivity index (χ0) is 21.3. The molecule has 9 heteroatoms. The van der Waals surface area contributed by atoms with E-state index in [-0.39, 0.29) is 30.5 Å². The van der Waals surface area contributed by atoms with E-state index in [0.717, 1.165) is 4.90 Å². The lowest BCUT2D eigenvalue weighted by atomic mass is 9.85. The standard InChI is InChI=1S/C20H23N3O6/c1-3-9-20(2,19(28)29)10-21-12-6-4-5-11-15(12)18(27)23(17(11)26)13-7-8-14(24)22-16(13)25/h4-6,13,21H,3,7-10H2,1-2H3,(H,28,29)(H,22,24,25). The number of benzene rings is 1. The summed E-state index contributed by atoms with van der Waals surface area (Å²) in [5.41, 5.74) is -0.422. The maximum atomic E-state index is 13.0. The first-order chi connectivity index (χ1) is 13.7. The zero-order valence-corrected chi connectivity index (χ0v) is 16.3. The molecule has 0 aliphatic carbocycles. The van der Waals surface area contributed by atoms with Gasteiger partial charge in [0.2, 0.25) is 11.8 Å². The Morgan fingerprint density at radius 2 is 2.00 bits per heavy atom. The summed E-state index contributed by atoms with van der Waals surface area (Å²) in [6.07, 6.45) is 1.24. The maximum Gasteiger partial charge on any atom is 0.311 e. The highest BCUT2D eigenvalue weighted by molar-refractivity contribution is 6.25. The lowest BCUT2D eigenvalue weighted by Crippen LogP contribution is -2.54. The predicted octanol–water partition coefficient (Wildman–Crippen LogP) is 1.39. The van der Waals surface area contributed by atoms with Gasteiger partial charge < -0.3 is 10.4 Å². The second kappa shape index (κ2) is 7.65. The lowest BCUT2D eigenvalue weighted by molar-refractivity contribution is -0.147. The molecule has 2 aliphatic heterocycles. The minimum absolute atomic E-state index is 0.0445. The highest BCUT2D eigenvalue weighted by Crippen LogP contribution is 2.33. The first-order valence-corrected chi connectivity index (χ1v) is 9.51. The van der Waals surface area contributed by atoms with Crippen LogP contribution in [0.2, 0.25) is 0 Å². The molecular formula is C20H23N3O6. The second-order valence-electron chi connectivity index (χ2n) is 7.64. The summed E-state index contributed by atoms with van der Waals surface area (Å²) in [6.45, 7) is 3.59. The summed E-state index contributed by atoms with van der Waals surface area (Å²) in [4.78, 5) is 61.9. The molecule has 2 heterocycles. The van der Waals surface area contributed by atoms with Crippen LogP contribution < -0.4 is 10.6 Å². The molecule has 154 valence electrons. The topological polar surface area (TPSA) is 133 Å². The van der Waals surface area contributed by atoms with E-state index in [1.807, 2.05) is 6.92 Å². The van der Waals surface area contributed by atoms with Crippen molar-refractivity contribution in [3.05, 3.63) is 29.3 Å². The highest BCUT2D eigenvalue weighted by atomic mass is 16.4. The number of amides is 4. The molecule has 9 nitrogen and oxygen atoms in total. The van der Waals surface area contributed by atoms with Crippen LogP contribution in [0.3, 0.4) is 0 Å². The average molecular weight is 401 g/mol. The molecular weight excluding hydrogens is 378 g/mol. The Labute approximate surface area is 167 Å². The Morgan fingerprint density at radius 1 is 1.28 bits per heavy atom. The third-order valence-corrected chi connectivity index (χ3v) is 5.46. The summed E-state index contributed by atoms with van der Waals surface area (Å²) < 4.78 is 0. The summed E-state index contributed by atoms with van der Waals surface area (Å²) in [7, 11) is 0. The lowest BCUT2D eigenvalue weighted by Gasteiger charge is -2.28. The Hall–Kier alpha value is -3.23. The number of carboxylic acids is 1. The van der Waals surface area contributed by atoms with Gasteiger partial charge in [-0.1, -0.05) is 19.4 Å². The quantitative estimate of drug-likeness (QED) is 0.588. The number of nitrogens with zero attached hydrogens (tertiary/aromatic N) is 1. The minimum Gasteiger partial charge on any atom is -0.481 e. The molecule has 1 fully saturated rings. The van der Waals surface area contributed by atoms with E-state index in [0.29, 0.717) is 18.5 Å². The molecule has 2 aliphatic rings. The zero-order valence-electron chi connectivity index (χ0n) is 16.3. The van der Waals surface area contributed by atoms with Crippen molar-refractivity contribution in [1.29, 1.82) is 0 Å². The summed E-state index contributed by atoms with van der Waals surface area (Å²) in [6, 6.07) is 3.65. The molecule has 0 bridgehead atoms. The van der Waals surface area contributed by atoms with Crippen molar-refractivity contribution in [2.24, 2.45) is 5.41 Å². The molecule has 2 unspecified atom stereocenters. The van der Waals surface area contributed by atoms with Crippen molar-refractivity contribution < 1.29 is 29.1 Å². The van der Waals surface area contributed by atoms with Crippen LogP contribution in [0, 0.1) is 5.41 Å². The van der Waals surface area contributed by atoms with Gasteiger partial charge in [0.1, 0.15) is 6.04 Å². The number of nitrogens with one attached hydrogen (secondary N) is 2. The third-order valence-electron chi connectivity index (χ3n) is 5.46. The fraction of sp³-hybridized carbons (Fsp3) is 0.450. The Balaban J connectivity index is 1.88. The fourth-order valence-electron chi connectivity index (χ4n) is 3.78. The van der Waals surface area contributed by atoms with Crippen molar-refractivity contribution in [2.45, 2.75) is 45.6 Å². The van der Waals surface area contributed by atoms with E-state index >= 15 is 0 Å². The van der Waals surface area contributed by atoms with Gasteiger partial charge in [-0.2, -0.15) is 0 Å². The van der Waals surface area contributed by atoms with Gasteiger partial charge in [0.25, 0.3) is 11.8 Å². The van der Waals surface area contributed by atoms with E-state index in [9.17, 15) is 29.1 Å². The van der Waals surface area contributed by atoms with Gasteiger partial charge in [0, 0.05) is 18.7 Å². The van der Waals surface area contributed by atoms with Gasteiger partial charge in [-0.05, 0) is 31.9 Å². The molecule has 3 N–H and O–H groups in total. The fourth-order valence-corrected chi connectivity index (χ4v) is 3.78.